The standard InChI is InChI=1S/C14H15NO2/c1-16-14-6-5-12-9-11(7-8-15-17-2)3-4-13(12)10-14/h3-6,8-10H,7H2,1-2H3. The zero-order valence-corrected chi connectivity index (χ0v) is 10.0. The van der Waals surface area contributed by atoms with Crippen LogP contribution in [0.2, 0.25) is 0 Å². The van der Waals surface area contributed by atoms with Gasteiger partial charge >= 0.3 is 0 Å². The smallest absolute Gasteiger partial charge is 0.119 e. The molecule has 0 N–H and O–H groups in total. The van der Waals surface area contributed by atoms with Crippen LogP contribution in [-0.4, -0.2) is 20.4 Å². The van der Waals surface area contributed by atoms with Gasteiger partial charge in [0.15, 0.2) is 0 Å². The zero-order valence-electron chi connectivity index (χ0n) is 10.0. The highest BCUT2D eigenvalue weighted by Gasteiger charge is 1.98. The van der Waals surface area contributed by atoms with Gasteiger partial charge in [0.2, 0.25) is 0 Å². The summed E-state index contributed by atoms with van der Waals surface area (Å²) in [6, 6.07) is 12.4. The Morgan fingerprint density at radius 3 is 2.59 bits per heavy atom. The number of hydrogen-bond donors (Lipinski definition) is 0. The molecule has 2 aromatic carbocycles. The van der Waals surface area contributed by atoms with Crippen molar-refractivity contribution in [2.75, 3.05) is 14.2 Å². The zero-order chi connectivity index (χ0) is 12.1. The first kappa shape index (κ1) is 11.5. The van der Waals surface area contributed by atoms with Gasteiger partial charge in [-0.15, -0.1) is 0 Å². The minimum atomic E-state index is 0.774. The summed E-state index contributed by atoms with van der Waals surface area (Å²) in [5, 5.41) is 6.11. The van der Waals surface area contributed by atoms with Crippen molar-refractivity contribution in [3.05, 3.63) is 42.0 Å². The summed E-state index contributed by atoms with van der Waals surface area (Å²) in [5.41, 5.74) is 1.21. The average Bonchev–Trinajstić information content (AvgIpc) is 2.38. The van der Waals surface area contributed by atoms with Gasteiger partial charge in [-0.3, -0.25) is 0 Å². The van der Waals surface area contributed by atoms with Crippen LogP contribution < -0.4 is 4.74 Å². The quantitative estimate of drug-likeness (QED) is 0.596. The van der Waals surface area contributed by atoms with Crippen LogP contribution in [0.4, 0.5) is 0 Å². The Labute approximate surface area is 101 Å². The monoisotopic (exact) mass is 229 g/mol. The Hall–Kier alpha value is -2.03. The second kappa shape index (κ2) is 5.34. The first-order valence-corrected chi connectivity index (χ1v) is 5.45. The summed E-state index contributed by atoms with van der Waals surface area (Å²) in [7, 11) is 3.22. The number of oxime groups is 1. The van der Waals surface area contributed by atoms with Crippen LogP contribution >= 0.6 is 0 Å². The van der Waals surface area contributed by atoms with E-state index in [2.05, 4.69) is 34.3 Å². The largest absolute Gasteiger partial charge is 0.497 e. The first-order chi connectivity index (χ1) is 8.33. The molecule has 0 spiro atoms. The van der Waals surface area contributed by atoms with E-state index in [-0.39, 0.29) is 0 Å². The molecular weight excluding hydrogens is 214 g/mol. The van der Waals surface area contributed by atoms with Crippen molar-refractivity contribution >= 4 is 17.0 Å². The van der Waals surface area contributed by atoms with E-state index in [1.165, 1.54) is 16.3 Å². The second-order valence-corrected chi connectivity index (χ2v) is 3.72. The highest BCUT2D eigenvalue weighted by atomic mass is 16.6. The Bertz CT molecular complexity index is 535. The van der Waals surface area contributed by atoms with Gasteiger partial charge in [0.05, 0.1) is 7.11 Å². The van der Waals surface area contributed by atoms with Crippen molar-refractivity contribution < 1.29 is 9.57 Å². The molecule has 3 heteroatoms. The van der Waals surface area contributed by atoms with E-state index >= 15 is 0 Å². The van der Waals surface area contributed by atoms with E-state index in [9.17, 15) is 0 Å². The molecule has 0 aliphatic rings. The van der Waals surface area contributed by atoms with Gasteiger partial charge in [-0.25, -0.2) is 0 Å². The van der Waals surface area contributed by atoms with Crippen molar-refractivity contribution in [3.8, 4) is 5.75 Å². The number of fused-ring (bicyclic) bond motifs is 1. The Balaban J connectivity index is 2.28. The third kappa shape index (κ3) is 2.75. The topological polar surface area (TPSA) is 30.8 Å². The molecule has 2 aromatic rings. The third-order valence-corrected chi connectivity index (χ3v) is 2.62. The summed E-state index contributed by atoms with van der Waals surface area (Å²) in [6.07, 6.45) is 2.53. The maximum atomic E-state index is 5.19. The summed E-state index contributed by atoms with van der Waals surface area (Å²) in [4.78, 5) is 4.63. The lowest BCUT2D eigenvalue weighted by atomic mass is 10.1. The van der Waals surface area contributed by atoms with E-state index in [1.807, 2.05) is 12.1 Å². The molecule has 3 nitrogen and oxygen atoms in total. The number of hydrogen-bond acceptors (Lipinski definition) is 3. The molecule has 0 atom stereocenters. The lowest BCUT2D eigenvalue weighted by Crippen LogP contribution is -1.88. The molecule has 0 fully saturated rings. The van der Waals surface area contributed by atoms with Gasteiger partial charge < -0.3 is 9.57 Å². The third-order valence-electron chi connectivity index (χ3n) is 2.62. The molecule has 0 aromatic heterocycles. The van der Waals surface area contributed by atoms with Crippen LogP contribution in [-0.2, 0) is 11.3 Å². The average molecular weight is 229 g/mol. The normalized spacial score (nSPS) is 10.9. The molecule has 0 radical (unpaired) electrons. The van der Waals surface area contributed by atoms with Gasteiger partial charge in [-0.1, -0.05) is 29.4 Å². The fourth-order valence-corrected chi connectivity index (χ4v) is 1.74. The number of benzene rings is 2. The molecule has 88 valence electrons. The maximum Gasteiger partial charge on any atom is 0.119 e. The molecule has 0 saturated heterocycles. The van der Waals surface area contributed by atoms with Crippen molar-refractivity contribution in [3.63, 3.8) is 0 Å². The van der Waals surface area contributed by atoms with E-state index in [0.717, 1.165) is 12.2 Å². The highest BCUT2D eigenvalue weighted by Crippen LogP contribution is 2.21. The van der Waals surface area contributed by atoms with Gasteiger partial charge in [0.1, 0.15) is 12.9 Å². The van der Waals surface area contributed by atoms with E-state index < -0.39 is 0 Å². The first-order valence-electron chi connectivity index (χ1n) is 5.45. The minimum Gasteiger partial charge on any atom is -0.497 e. The SMILES string of the molecule is CON=CCc1ccc2cc(OC)ccc2c1. The highest BCUT2D eigenvalue weighted by molar-refractivity contribution is 5.85. The lowest BCUT2D eigenvalue weighted by molar-refractivity contribution is 0.215. The Morgan fingerprint density at radius 1 is 1.06 bits per heavy atom. The predicted octanol–water partition coefficient (Wildman–Crippen LogP) is 3.02. The molecule has 0 aliphatic heterocycles. The van der Waals surface area contributed by atoms with Crippen molar-refractivity contribution in [1.29, 1.82) is 0 Å². The van der Waals surface area contributed by atoms with Crippen molar-refractivity contribution in [2.45, 2.75) is 6.42 Å². The number of nitrogens with zero attached hydrogens (tertiary/aromatic N) is 1. The van der Waals surface area contributed by atoms with Crippen LogP contribution in [0, 0.1) is 0 Å². The van der Waals surface area contributed by atoms with Crippen LogP contribution in [0.1, 0.15) is 5.56 Å². The van der Waals surface area contributed by atoms with Crippen LogP contribution in [0.25, 0.3) is 10.8 Å². The molecule has 0 saturated carbocycles. The number of methoxy groups -OCH3 is 1. The molecule has 0 aliphatic carbocycles. The fourth-order valence-electron chi connectivity index (χ4n) is 1.74. The van der Waals surface area contributed by atoms with Crippen LogP contribution in [0.3, 0.4) is 0 Å². The molecular formula is C14H15NO2. The summed E-state index contributed by atoms with van der Waals surface area (Å²) in [5.74, 6) is 0.881. The Morgan fingerprint density at radius 2 is 1.82 bits per heavy atom. The lowest BCUT2D eigenvalue weighted by Gasteiger charge is -2.04. The van der Waals surface area contributed by atoms with Crippen LogP contribution in [0.15, 0.2) is 41.6 Å². The summed E-state index contributed by atoms with van der Waals surface area (Å²) >= 11 is 0. The summed E-state index contributed by atoms with van der Waals surface area (Å²) in [6.45, 7) is 0. The molecule has 2 rings (SSSR count). The van der Waals surface area contributed by atoms with Gasteiger partial charge in [0, 0.05) is 12.6 Å². The second-order valence-electron chi connectivity index (χ2n) is 3.72. The molecule has 0 amide bonds. The van der Waals surface area contributed by atoms with Gasteiger partial charge in [0.25, 0.3) is 0 Å². The molecule has 0 unspecified atom stereocenters. The molecule has 17 heavy (non-hydrogen) atoms. The number of rotatable bonds is 4. The minimum absolute atomic E-state index is 0.774. The molecule has 0 heterocycles. The Kier molecular flexibility index (Phi) is 3.60. The predicted molar refractivity (Wildman–Crippen MR) is 69.7 cm³/mol. The van der Waals surface area contributed by atoms with Crippen molar-refractivity contribution in [1.82, 2.24) is 0 Å². The van der Waals surface area contributed by atoms with E-state index in [0.29, 0.717) is 0 Å². The summed E-state index contributed by atoms with van der Waals surface area (Å²) < 4.78 is 5.19. The van der Waals surface area contributed by atoms with Crippen molar-refractivity contribution in [2.24, 2.45) is 5.16 Å². The van der Waals surface area contributed by atoms with E-state index in [1.54, 1.807) is 20.4 Å². The number of ether oxygens (including phenoxy) is 1. The molecule has 0 bridgehead atoms. The van der Waals surface area contributed by atoms with Gasteiger partial charge in [-0.05, 0) is 28.5 Å². The van der Waals surface area contributed by atoms with E-state index in [4.69, 9.17) is 4.74 Å². The maximum absolute atomic E-state index is 5.19. The van der Waals surface area contributed by atoms with Crippen LogP contribution in [0.5, 0.6) is 5.75 Å². The van der Waals surface area contributed by atoms with Gasteiger partial charge in [-0.2, -0.15) is 0 Å². The fraction of sp³-hybridized carbons (Fsp3) is 0.214.